The minimum Gasteiger partial charge on any atom is -0.493 e. The molecule has 0 heterocycles. The van der Waals surface area contributed by atoms with Crippen LogP contribution in [0.3, 0.4) is 0 Å². The summed E-state index contributed by atoms with van der Waals surface area (Å²) in [6.07, 6.45) is -4.26. The van der Waals surface area contributed by atoms with Gasteiger partial charge in [0, 0.05) is 17.2 Å². The number of carbonyl (C=O) groups excluding carboxylic acids is 1. The third-order valence-electron chi connectivity index (χ3n) is 4.11. The second-order valence-electron chi connectivity index (χ2n) is 8.41. The maximum atomic E-state index is 13.8. The number of esters is 1. The zero-order valence-corrected chi connectivity index (χ0v) is 17.3. The van der Waals surface area contributed by atoms with Crippen molar-refractivity contribution in [3.05, 3.63) is 34.9 Å². The molecular formula is C21H29F3O3. The number of allylic oxidation sites excluding steroid dienone is 1. The molecule has 0 radical (unpaired) electrons. The predicted molar refractivity (Wildman–Crippen MR) is 101 cm³/mol. The molecule has 0 aromatic heterocycles. The smallest absolute Gasteiger partial charge is 0.417 e. The molecule has 0 fully saturated rings. The molecule has 152 valence electrons. The van der Waals surface area contributed by atoms with E-state index in [-0.39, 0.29) is 23.3 Å². The molecule has 1 aromatic rings. The Morgan fingerprint density at radius 2 is 1.59 bits per heavy atom. The van der Waals surface area contributed by atoms with Gasteiger partial charge in [0.1, 0.15) is 5.75 Å². The molecule has 0 atom stereocenters. The minimum atomic E-state index is -4.74. The third-order valence-corrected chi connectivity index (χ3v) is 4.11. The van der Waals surface area contributed by atoms with Crippen molar-refractivity contribution in [2.45, 2.75) is 65.5 Å². The number of halogens is 3. The highest BCUT2D eigenvalue weighted by Gasteiger charge is 2.39. The van der Waals surface area contributed by atoms with Crippen LogP contribution < -0.4 is 4.74 Å². The minimum absolute atomic E-state index is 0.144. The summed E-state index contributed by atoms with van der Waals surface area (Å²) in [7, 11) is 1.04. The standard InChI is InChI=1S/C21H29F3O3/c1-9-27-18-14(15(21(22,23)24)12-17(25)26-8)10-13(19(2,3)4)11-16(18)20(5,6)7/h10-12H,9H2,1-8H3. The van der Waals surface area contributed by atoms with Crippen LogP contribution in [0.2, 0.25) is 0 Å². The Bertz CT molecular complexity index is 718. The lowest BCUT2D eigenvalue weighted by Crippen LogP contribution is -2.21. The molecule has 1 rings (SSSR count). The lowest BCUT2D eigenvalue weighted by molar-refractivity contribution is -0.135. The number of alkyl halides is 3. The SMILES string of the molecule is CCOc1c(C(=CC(=O)OC)C(F)(F)F)cc(C(C)(C)C)cc1C(C)(C)C. The largest absolute Gasteiger partial charge is 0.493 e. The van der Waals surface area contributed by atoms with Crippen LogP contribution in [-0.2, 0) is 20.4 Å². The molecule has 0 aliphatic carbocycles. The van der Waals surface area contributed by atoms with Crippen LogP contribution in [-0.4, -0.2) is 25.9 Å². The Labute approximate surface area is 159 Å². The zero-order valence-electron chi connectivity index (χ0n) is 17.3. The molecule has 0 aliphatic rings. The number of methoxy groups -OCH3 is 1. The van der Waals surface area contributed by atoms with Gasteiger partial charge < -0.3 is 9.47 Å². The normalized spacial score (nSPS) is 13.5. The number of carbonyl (C=O) groups is 1. The van der Waals surface area contributed by atoms with Crippen molar-refractivity contribution in [1.29, 1.82) is 0 Å². The summed E-state index contributed by atoms with van der Waals surface area (Å²) in [5.41, 5.74) is -0.677. The highest BCUT2D eigenvalue weighted by molar-refractivity contribution is 5.94. The molecular weight excluding hydrogens is 357 g/mol. The molecule has 1 aromatic carbocycles. The van der Waals surface area contributed by atoms with Crippen molar-refractivity contribution in [3.63, 3.8) is 0 Å². The van der Waals surface area contributed by atoms with E-state index in [1.165, 1.54) is 6.07 Å². The fraction of sp³-hybridized carbons (Fsp3) is 0.571. The second-order valence-corrected chi connectivity index (χ2v) is 8.41. The summed E-state index contributed by atoms with van der Waals surface area (Å²) in [5, 5.41) is 0. The molecule has 0 N–H and O–H groups in total. The first-order valence-electron chi connectivity index (χ1n) is 8.82. The van der Waals surface area contributed by atoms with Crippen molar-refractivity contribution >= 4 is 11.5 Å². The van der Waals surface area contributed by atoms with E-state index in [1.807, 2.05) is 47.6 Å². The fourth-order valence-electron chi connectivity index (χ4n) is 2.61. The van der Waals surface area contributed by atoms with Crippen LogP contribution in [0.1, 0.15) is 65.2 Å². The lowest BCUT2D eigenvalue weighted by Gasteiger charge is -2.30. The van der Waals surface area contributed by atoms with E-state index >= 15 is 0 Å². The van der Waals surface area contributed by atoms with Gasteiger partial charge in [-0.3, -0.25) is 0 Å². The van der Waals surface area contributed by atoms with Crippen molar-refractivity contribution in [3.8, 4) is 5.75 Å². The molecule has 0 unspecified atom stereocenters. The summed E-state index contributed by atoms with van der Waals surface area (Å²) in [5.74, 6) is -0.922. The number of hydrogen-bond acceptors (Lipinski definition) is 3. The highest BCUT2D eigenvalue weighted by Crippen LogP contribution is 2.45. The number of hydrogen-bond donors (Lipinski definition) is 0. The molecule has 0 spiro atoms. The number of rotatable bonds is 4. The lowest BCUT2D eigenvalue weighted by atomic mass is 9.78. The maximum absolute atomic E-state index is 13.8. The summed E-state index contributed by atoms with van der Waals surface area (Å²) >= 11 is 0. The van der Waals surface area contributed by atoms with Gasteiger partial charge in [0.15, 0.2) is 0 Å². The Balaban J connectivity index is 4.01. The van der Waals surface area contributed by atoms with Gasteiger partial charge in [0.05, 0.1) is 19.3 Å². The molecule has 0 aliphatic heterocycles. The average Bonchev–Trinajstić information content (AvgIpc) is 2.49. The quantitative estimate of drug-likeness (QED) is 0.485. The van der Waals surface area contributed by atoms with Gasteiger partial charge in [-0.2, -0.15) is 13.2 Å². The topological polar surface area (TPSA) is 35.5 Å². The zero-order chi connectivity index (χ0) is 21.2. The molecule has 0 amide bonds. The van der Waals surface area contributed by atoms with E-state index in [4.69, 9.17) is 4.74 Å². The van der Waals surface area contributed by atoms with E-state index in [0.717, 1.165) is 12.7 Å². The van der Waals surface area contributed by atoms with E-state index in [2.05, 4.69) is 4.74 Å². The van der Waals surface area contributed by atoms with Gasteiger partial charge in [0.2, 0.25) is 0 Å². The molecule has 0 saturated heterocycles. The summed E-state index contributed by atoms with van der Waals surface area (Å²) in [4.78, 5) is 11.6. The van der Waals surface area contributed by atoms with Gasteiger partial charge in [-0.25, -0.2) is 4.79 Å². The fourth-order valence-corrected chi connectivity index (χ4v) is 2.61. The Morgan fingerprint density at radius 3 is 1.96 bits per heavy atom. The van der Waals surface area contributed by atoms with E-state index in [1.54, 1.807) is 6.92 Å². The molecule has 0 saturated carbocycles. The Hall–Kier alpha value is -1.98. The summed E-state index contributed by atoms with van der Waals surface area (Å²) < 4.78 is 51.6. The summed E-state index contributed by atoms with van der Waals surface area (Å²) in [6.45, 7) is 13.4. The molecule has 3 nitrogen and oxygen atoms in total. The first-order chi connectivity index (χ1) is 12.1. The van der Waals surface area contributed by atoms with Gasteiger partial charge >= 0.3 is 12.1 Å². The summed E-state index contributed by atoms with van der Waals surface area (Å²) in [6, 6.07) is 3.35. The van der Waals surface area contributed by atoms with Crippen LogP contribution >= 0.6 is 0 Å². The van der Waals surface area contributed by atoms with Gasteiger partial charge in [-0.1, -0.05) is 47.6 Å². The van der Waals surface area contributed by atoms with Crippen LogP contribution in [0.15, 0.2) is 18.2 Å². The van der Waals surface area contributed by atoms with Crippen molar-refractivity contribution in [2.75, 3.05) is 13.7 Å². The average molecular weight is 386 g/mol. The van der Waals surface area contributed by atoms with Gasteiger partial charge in [0.25, 0.3) is 0 Å². The Kier molecular flexibility index (Phi) is 6.79. The second kappa shape index (κ2) is 7.95. The monoisotopic (exact) mass is 386 g/mol. The van der Waals surface area contributed by atoms with Gasteiger partial charge in [-0.15, -0.1) is 0 Å². The maximum Gasteiger partial charge on any atom is 0.417 e. The van der Waals surface area contributed by atoms with Crippen LogP contribution in [0.5, 0.6) is 5.75 Å². The van der Waals surface area contributed by atoms with Crippen LogP contribution in [0.25, 0.3) is 5.57 Å². The van der Waals surface area contributed by atoms with Gasteiger partial charge in [-0.05, 0) is 29.4 Å². The number of ether oxygens (including phenoxy) is 2. The van der Waals surface area contributed by atoms with E-state index in [0.29, 0.717) is 11.6 Å². The first kappa shape index (κ1) is 23.1. The van der Waals surface area contributed by atoms with Crippen LogP contribution in [0.4, 0.5) is 13.2 Å². The molecule has 27 heavy (non-hydrogen) atoms. The van der Waals surface area contributed by atoms with Crippen molar-refractivity contribution < 1.29 is 27.4 Å². The first-order valence-corrected chi connectivity index (χ1v) is 8.82. The highest BCUT2D eigenvalue weighted by atomic mass is 19.4. The predicted octanol–water partition coefficient (Wildman–Crippen LogP) is 5.80. The molecule has 6 heteroatoms. The van der Waals surface area contributed by atoms with Crippen molar-refractivity contribution in [1.82, 2.24) is 0 Å². The van der Waals surface area contributed by atoms with E-state index in [9.17, 15) is 18.0 Å². The Morgan fingerprint density at radius 1 is 1.04 bits per heavy atom. The number of benzene rings is 1. The van der Waals surface area contributed by atoms with Crippen LogP contribution in [0, 0.1) is 0 Å². The third kappa shape index (κ3) is 5.75. The molecule has 0 bridgehead atoms. The van der Waals surface area contributed by atoms with E-state index < -0.39 is 23.1 Å². The van der Waals surface area contributed by atoms with Crippen molar-refractivity contribution in [2.24, 2.45) is 0 Å².